The third kappa shape index (κ3) is 7.70. The fourth-order valence-corrected chi connectivity index (χ4v) is 3.92. The van der Waals surface area contributed by atoms with Crippen molar-refractivity contribution in [2.75, 3.05) is 19.6 Å². The predicted molar refractivity (Wildman–Crippen MR) is 115 cm³/mol. The van der Waals surface area contributed by atoms with E-state index >= 15 is 0 Å². The van der Waals surface area contributed by atoms with Crippen LogP contribution in [-0.4, -0.2) is 36.3 Å². The monoisotopic (exact) mass is 465 g/mol. The highest BCUT2D eigenvalue weighted by Crippen LogP contribution is 2.28. The van der Waals surface area contributed by atoms with Gasteiger partial charge in [-0.05, 0) is 43.6 Å². The van der Waals surface area contributed by atoms with E-state index in [2.05, 4.69) is 47.0 Å². The van der Waals surface area contributed by atoms with Crippen molar-refractivity contribution in [2.45, 2.75) is 58.0 Å². The second-order valence-electron chi connectivity index (χ2n) is 6.75. The number of aliphatic imine (C=N–C) groups is 1. The van der Waals surface area contributed by atoms with E-state index < -0.39 is 5.60 Å². The third-order valence-corrected chi connectivity index (χ3v) is 5.31. The zero-order chi connectivity index (χ0) is 16.5. The van der Waals surface area contributed by atoms with Crippen molar-refractivity contribution in [3.8, 4) is 0 Å². The van der Waals surface area contributed by atoms with Crippen LogP contribution in [0.2, 0.25) is 0 Å². The van der Waals surface area contributed by atoms with Gasteiger partial charge in [-0.1, -0.05) is 32.3 Å². The maximum atomic E-state index is 10.6. The molecule has 1 unspecified atom stereocenters. The average Bonchev–Trinajstić information content (AvgIpc) is 3.04. The Kier molecular flexibility index (Phi) is 10.2. The van der Waals surface area contributed by atoms with E-state index in [1.807, 2.05) is 11.3 Å². The molecule has 0 aliphatic heterocycles. The Labute approximate surface area is 167 Å². The number of guanidine groups is 1. The molecule has 1 fully saturated rings. The predicted octanol–water partition coefficient (Wildman–Crippen LogP) is 3.80. The van der Waals surface area contributed by atoms with Crippen LogP contribution < -0.4 is 10.6 Å². The molecule has 1 aliphatic carbocycles. The topological polar surface area (TPSA) is 56.7 Å². The molecule has 1 saturated carbocycles. The number of nitrogens with zero attached hydrogens (tertiary/aromatic N) is 1. The van der Waals surface area contributed by atoms with Gasteiger partial charge in [0.05, 0.1) is 12.1 Å². The summed E-state index contributed by atoms with van der Waals surface area (Å²) >= 11 is 1.82. The molecule has 24 heavy (non-hydrogen) atoms. The van der Waals surface area contributed by atoms with Gasteiger partial charge in [0.1, 0.15) is 0 Å². The number of hydrogen-bond donors (Lipinski definition) is 3. The van der Waals surface area contributed by atoms with Crippen LogP contribution in [0.3, 0.4) is 0 Å². The first-order valence-electron chi connectivity index (χ1n) is 8.88. The molecule has 1 aliphatic rings. The van der Waals surface area contributed by atoms with Crippen molar-refractivity contribution in [1.82, 2.24) is 10.6 Å². The van der Waals surface area contributed by atoms with Crippen LogP contribution >= 0.6 is 35.3 Å². The van der Waals surface area contributed by atoms with Gasteiger partial charge in [0, 0.05) is 18.0 Å². The highest BCUT2D eigenvalue weighted by atomic mass is 127. The Bertz CT molecular complexity index is 473. The van der Waals surface area contributed by atoms with Gasteiger partial charge in [-0.2, -0.15) is 0 Å². The fraction of sp³-hybridized carbons (Fsp3) is 0.722. The number of thiophene rings is 1. The molecule has 1 atom stereocenters. The fourth-order valence-electron chi connectivity index (χ4n) is 3.05. The standard InChI is InChI=1S/C18H31N3OS.HI/c1-3-19-17(21-14-18(22)9-5-4-6-10-18)20-13-15(2)12-16-8-7-11-23-16;/h7-8,11,15,22H,3-6,9-10,12-14H2,1-2H3,(H2,19,20,21);1H. The summed E-state index contributed by atoms with van der Waals surface area (Å²) in [5.41, 5.74) is -0.594. The molecule has 138 valence electrons. The van der Waals surface area contributed by atoms with Crippen molar-refractivity contribution in [2.24, 2.45) is 10.9 Å². The van der Waals surface area contributed by atoms with Crippen molar-refractivity contribution >= 4 is 41.3 Å². The molecule has 1 heterocycles. The lowest BCUT2D eigenvalue weighted by atomic mass is 9.85. The molecule has 0 spiro atoms. The van der Waals surface area contributed by atoms with Gasteiger partial charge in [0.15, 0.2) is 5.96 Å². The van der Waals surface area contributed by atoms with Gasteiger partial charge < -0.3 is 15.7 Å². The Hall–Kier alpha value is -0.340. The first kappa shape index (κ1) is 21.7. The van der Waals surface area contributed by atoms with Crippen LogP contribution in [0, 0.1) is 5.92 Å². The molecule has 6 heteroatoms. The Balaban J connectivity index is 0.00000288. The number of rotatable bonds is 7. The highest BCUT2D eigenvalue weighted by molar-refractivity contribution is 14.0. The molecule has 1 aromatic rings. The molecule has 1 aromatic heterocycles. The maximum Gasteiger partial charge on any atom is 0.191 e. The lowest BCUT2D eigenvalue weighted by molar-refractivity contribution is 0.0131. The van der Waals surface area contributed by atoms with Crippen molar-refractivity contribution in [1.29, 1.82) is 0 Å². The van der Waals surface area contributed by atoms with Crippen LogP contribution in [0.25, 0.3) is 0 Å². The van der Waals surface area contributed by atoms with E-state index in [0.29, 0.717) is 12.5 Å². The average molecular weight is 465 g/mol. The van der Waals surface area contributed by atoms with Crippen LogP contribution in [-0.2, 0) is 6.42 Å². The number of nitrogens with one attached hydrogen (secondary N) is 2. The van der Waals surface area contributed by atoms with Gasteiger partial charge in [-0.15, -0.1) is 35.3 Å². The number of hydrogen-bond acceptors (Lipinski definition) is 3. The summed E-state index contributed by atoms with van der Waals surface area (Å²) in [6, 6.07) is 4.30. The summed E-state index contributed by atoms with van der Waals surface area (Å²) in [6.45, 7) is 6.56. The zero-order valence-corrected chi connectivity index (χ0v) is 18.0. The van der Waals surface area contributed by atoms with E-state index in [1.54, 1.807) is 0 Å². The molecule has 4 nitrogen and oxygen atoms in total. The summed E-state index contributed by atoms with van der Waals surface area (Å²) in [7, 11) is 0. The van der Waals surface area contributed by atoms with Gasteiger partial charge in [-0.3, -0.25) is 4.99 Å². The Morgan fingerprint density at radius 3 is 2.71 bits per heavy atom. The van der Waals surface area contributed by atoms with Crippen LogP contribution in [0.1, 0.15) is 50.8 Å². The molecular weight excluding hydrogens is 433 g/mol. The van der Waals surface area contributed by atoms with Gasteiger partial charge in [-0.25, -0.2) is 0 Å². The molecular formula is C18H32IN3OS. The normalized spacial score (nSPS) is 18.5. The van der Waals surface area contributed by atoms with E-state index in [9.17, 15) is 5.11 Å². The molecule has 0 saturated heterocycles. The van der Waals surface area contributed by atoms with E-state index in [-0.39, 0.29) is 24.0 Å². The minimum atomic E-state index is -0.594. The number of halogens is 1. The first-order chi connectivity index (χ1) is 11.1. The van der Waals surface area contributed by atoms with E-state index in [1.165, 1.54) is 11.3 Å². The summed E-state index contributed by atoms with van der Waals surface area (Å²) in [5, 5.41) is 19.4. The van der Waals surface area contributed by atoms with E-state index in [0.717, 1.165) is 51.2 Å². The molecule has 3 N–H and O–H groups in total. The minimum absolute atomic E-state index is 0. The molecule has 0 aromatic carbocycles. The lowest BCUT2D eigenvalue weighted by Crippen LogP contribution is -2.42. The molecule has 0 amide bonds. The number of aliphatic hydroxyl groups is 1. The SMILES string of the molecule is CCNC(=NCC1(O)CCCCC1)NCC(C)Cc1cccs1.I. The Morgan fingerprint density at radius 2 is 2.08 bits per heavy atom. The third-order valence-electron chi connectivity index (χ3n) is 4.41. The van der Waals surface area contributed by atoms with Crippen LogP contribution in [0.4, 0.5) is 0 Å². The summed E-state index contributed by atoms with van der Waals surface area (Å²) in [5.74, 6) is 1.37. The van der Waals surface area contributed by atoms with Gasteiger partial charge >= 0.3 is 0 Å². The molecule has 0 bridgehead atoms. The Morgan fingerprint density at radius 1 is 1.33 bits per heavy atom. The van der Waals surface area contributed by atoms with Crippen molar-refractivity contribution in [3.63, 3.8) is 0 Å². The molecule has 0 radical (unpaired) electrons. The minimum Gasteiger partial charge on any atom is -0.388 e. The molecule has 2 rings (SSSR count). The van der Waals surface area contributed by atoms with E-state index in [4.69, 9.17) is 0 Å². The second-order valence-corrected chi connectivity index (χ2v) is 7.78. The summed E-state index contributed by atoms with van der Waals surface area (Å²) in [6.07, 6.45) is 6.33. The largest absolute Gasteiger partial charge is 0.388 e. The summed E-state index contributed by atoms with van der Waals surface area (Å²) < 4.78 is 0. The lowest BCUT2D eigenvalue weighted by Gasteiger charge is -2.30. The van der Waals surface area contributed by atoms with Crippen molar-refractivity contribution < 1.29 is 5.11 Å². The maximum absolute atomic E-state index is 10.6. The zero-order valence-electron chi connectivity index (χ0n) is 14.9. The van der Waals surface area contributed by atoms with Crippen molar-refractivity contribution in [3.05, 3.63) is 22.4 Å². The summed E-state index contributed by atoms with van der Waals surface area (Å²) in [4.78, 5) is 6.05. The second kappa shape index (κ2) is 11.3. The smallest absolute Gasteiger partial charge is 0.191 e. The quantitative estimate of drug-likeness (QED) is 0.326. The van der Waals surface area contributed by atoms with Crippen LogP contribution in [0.5, 0.6) is 0 Å². The highest BCUT2D eigenvalue weighted by Gasteiger charge is 2.28. The first-order valence-corrected chi connectivity index (χ1v) is 9.76. The van der Waals surface area contributed by atoms with Gasteiger partial charge in [0.2, 0.25) is 0 Å². The van der Waals surface area contributed by atoms with Crippen LogP contribution in [0.15, 0.2) is 22.5 Å². The van der Waals surface area contributed by atoms with Gasteiger partial charge in [0.25, 0.3) is 0 Å².